The van der Waals surface area contributed by atoms with E-state index in [9.17, 15) is 0 Å². The summed E-state index contributed by atoms with van der Waals surface area (Å²) in [5.41, 5.74) is 5.24. The molecular formula is C18H22ClN2+. The lowest BCUT2D eigenvalue weighted by atomic mass is 9.96. The third-order valence-corrected chi connectivity index (χ3v) is 4.66. The zero-order chi connectivity index (χ0) is 14.9. The van der Waals surface area contributed by atoms with Crippen LogP contribution in [0.1, 0.15) is 17.5 Å². The molecule has 21 heavy (non-hydrogen) atoms. The summed E-state index contributed by atoms with van der Waals surface area (Å²) in [5, 5.41) is 0. The molecule has 0 fully saturated rings. The second-order valence-electron chi connectivity index (χ2n) is 6.01. The van der Waals surface area contributed by atoms with Crippen LogP contribution in [-0.4, -0.2) is 36.1 Å². The second kappa shape index (κ2) is 5.80. The molecule has 0 saturated carbocycles. The maximum absolute atomic E-state index is 6.83. The van der Waals surface area contributed by atoms with Crippen LogP contribution in [0.5, 0.6) is 0 Å². The van der Waals surface area contributed by atoms with Crippen LogP contribution < -0.4 is 0 Å². The molecule has 0 aromatic heterocycles. The molecule has 1 aromatic carbocycles. The van der Waals surface area contributed by atoms with E-state index in [1.54, 1.807) is 0 Å². The van der Waals surface area contributed by atoms with Crippen molar-refractivity contribution >= 4 is 17.3 Å². The fraction of sp³-hybridized carbons (Fsp3) is 0.333. The van der Waals surface area contributed by atoms with Gasteiger partial charge in [0.2, 0.25) is 0 Å². The lowest BCUT2D eigenvalue weighted by Crippen LogP contribution is -2.30. The van der Waals surface area contributed by atoms with Crippen molar-refractivity contribution in [2.45, 2.75) is 12.8 Å². The van der Waals surface area contributed by atoms with Gasteiger partial charge in [-0.3, -0.25) is 0 Å². The molecule has 1 unspecified atom stereocenters. The first-order chi connectivity index (χ1) is 10.1. The lowest BCUT2D eigenvalue weighted by molar-refractivity contribution is -0.709. The van der Waals surface area contributed by atoms with E-state index in [4.69, 9.17) is 11.8 Å². The quantitative estimate of drug-likeness (QED) is 0.764. The zero-order valence-corrected chi connectivity index (χ0v) is 13.5. The SMILES string of the molecule is CN(C)CCC=C1C2=CC=C[N+]2(Cl)CCc2ccccc21. The van der Waals surface area contributed by atoms with Gasteiger partial charge in [-0.15, -0.1) is 0 Å². The lowest BCUT2D eigenvalue weighted by Gasteiger charge is -2.23. The third-order valence-electron chi connectivity index (χ3n) is 4.19. The Balaban J connectivity index is 2.03. The Morgan fingerprint density at radius 2 is 2.10 bits per heavy atom. The monoisotopic (exact) mass is 301 g/mol. The van der Waals surface area contributed by atoms with Gasteiger partial charge in [0.25, 0.3) is 0 Å². The van der Waals surface area contributed by atoms with Crippen molar-refractivity contribution < 1.29 is 4.00 Å². The highest BCUT2D eigenvalue weighted by Crippen LogP contribution is 2.42. The number of nitrogens with zero attached hydrogens (tertiary/aromatic N) is 2. The molecule has 0 N–H and O–H groups in total. The number of allylic oxidation sites excluding steroid dienone is 3. The van der Waals surface area contributed by atoms with Crippen molar-refractivity contribution in [2.75, 3.05) is 27.2 Å². The summed E-state index contributed by atoms with van der Waals surface area (Å²) in [6.07, 6.45) is 10.7. The topological polar surface area (TPSA) is 3.24 Å². The van der Waals surface area contributed by atoms with Crippen molar-refractivity contribution in [2.24, 2.45) is 0 Å². The Labute approximate surface area is 132 Å². The van der Waals surface area contributed by atoms with Gasteiger partial charge in [-0.25, -0.2) is 0 Å². The average molecular weight is 302 g/mol. The molecule has 2 aliphatic rings. The molecule has 3 heteroatoms. The summed E-state index contributed by atoms with van der Waals surface area (Å²) in [6, 6.07) is 8.69. The summed E-state index contributed by atoms with van der Waals surface area (Å²) >= 11 is 6.83. The van der Waals surface area contributed by atoms with Crippen LogP contribution in [0.15, 0.2) is 54.4 Å². The van der Waals surface area contributed by atoms with Crippen LogP contribution in [-0.2, 0) is 6.42 Å². The first-order valence-corrected chi connectivity index (χ1v) is 7.85. The normalized spacial score (nSPS) is 25.7. The highest BCUT2D eigenvalue weighted by molar-refractivity contribution is 6.09. The number of fused-ring (bicyclic) bond motifs is 2. The predicted octanol–water partition coefficient (Wildman–Crippen LogP) is 3.96. The summed E-state index contributed by atoms with van der Waals surface area (Å²) in [7, 11) is 4.22. The number of benzene rings is 1. The Morgan fingerprint density at radius 3 is 2.90 bits per heavy atom. The van der Waals surface area contributed by atoms with Crippen LogP contribution in [0.4, 0.5) is 0 Å². The minimum absolute atomic E-state index is 0.405. The third kappa shape index (κ3) is 2.84. The molecule has 0 saturated heterocycles. The van der Waals surface area contributed by atoms with Gasteiger partial charge in [0.15, 0.2) is 17.5 Å². The summed E-state index contributed by atoms with van der Waals surface area (Å²) in [6.45, 7) is 1.96. The van der Waals surface area contributed by atoms with E-state index in [-0.39, 0.29) is 0 Å². The Bertz CT molecular complexity index is 628. The molecule has 0 spiro atoms. The van der Waals surface area contributed by atoms with Crippen LogP contribution in [0.25, 0.3) is 5.57 Å². The molecule has 0 bridgehead atoms. The van der Waals surface area contributed by atoms with Gasteiger partial charge in [-0.05, 0) is 37.7 Å². The van der Waals surface area contributed by atoms with Gasteiger partial charge >= 0.3 is 0 Å². The number of halogens is 1. The molecule has 1 aromatic rings. The Kier molecular flexibility index (Phi) is 4.03. The van der Waals surface area contributed by atoms with Crippen molar-refractivity contribution in [1.82, 2.24) is 4.90 Å². The van der Waals surface area contributed by atoms with Gasteiger partial charge in [-0.1, -0.05) is 30.3 Å². The molecule has 2 aliphatic heterocycles. The maximum Gasteiger partial charge on any atom is 0.176 e. The molecular weight excluding hydrogens is 280 g/mol. The summed E-state index contributed by atoms with van der Waals surface area (Å²) in [4.78, 5) is 2.21. The van der Waals surface area contributed by atoms with E-state index in [1.807, 2.05) is 0 Å². The number of hydrogen-bond acceptors (Lipinski definition) is 1. The highest BCUT2D eigenvalue weighted by Gasteiger charge is 2.38. The minimum atomic E-state index is 0.405. The van der Waals surface area contributed by atoms with E-state index in [2.05, 4.69) is 67.7 Å². The first kappa shape index (κ1) is 14.6. The van der Waals surface area contributed by atoms with Gasteiger partial charge in [-0.2, -0.15) is 4.00 Å². The molecule has 110 valence electrons. The van der Waals surface area contributed by atoms with Crippen LogP contribution in [0, 0.1) is 0 Å². The number of rotatable bonds is 3. The highest BCUT2D eigenvalue weighted by atomic mass is 35.5. The zero-order valence-electron chi connectivity index (χ0n) is 12.7. The predicted molar refractivity (Wildman–Crippen MR) is 89.5 cm³/mol. The van der Waals surface area contributed by atoms with E-state index in [0.29, 0.717) is 4.00 Å². The van der Waals surface area contributed by atoms with Crippen LogP contribution >= 0.6 is 11.8 Å². The van der Waals surface area contributed by atoms with E-state index < -0.39 is 0 Å². The summed E-state index contributed by atoms with van der Waals surface area (Å²) < 4.78 is 0.405. The fourth-order valence-electron chi connectivity index (χ4n) is 3.06. The van der Waals surface area contributed by atoms with Crippen molar-refractivity contribution in [1.29, 1.82) is 0 Å². The molecule has 2 heterocycles. The molecule has 0 aliphatic carbocycles. The van der Waals surface area contributed by atoms with Crippen LogP contribution in [0.2, 0.25) is 0 Å². The van der Waals surface area contributed by atoms with Gasteiger partial charge in [0.05, 0.1) is 0 Å². The molecule has 0 amide bonds. The molecule has 1 atom stereocenters. The molecule has 2 nitrogen and oxygen atoms in total. The average Bonchev–Trinajstić information content (AvgIpc) is 2.79. The maximum atomic E-state index is 6.83. The first-order valence-electron chi connectivity index (χ1n) is 7.51. The smallest absolute Gasteiger partial charge is 0.176 e. The molecule has 0 radical (unpaired) electrons. The largest absolute Gasteiger partial charge is 0.309 e. The standard InChI is InChI=1S/C18H22ClN2/c1-20(2)12-5-9-17-16-8-4-3-7-15(16)11-14-21(19)13-6-10-18(17)21/h3-4,6-10,13H,5,11-12,14H2,1-2H3/q+1. The Morgan fingerprint density at radius 1 is 1.29 bits per heavy atom. The number of quaternary nitrogens is 1. The fourth-order valence-corrected chi connectivity index (χ4v) is 3.36. The molecule has 3 rings (SSSR count). The second-order valence-corrected chi connectivity index (χ2v) is 6.61. The van der Waals surface area contributed by atoms with Gasteiger partial charge in [0, 0.05) is 24.6 Å². The van der Waals surface area contributed by atoms with Gasteiger partial charge < -0.3 is 4.90 Å². The van der Waals surface area contributed by atoms with E-state index in [1.165, 1.54) is 22.4 Å². The van der Waals surface area contributed by atoms with Crippen molar-refractivity contribution in [3.8, 4) is 0 Å². The Hall–Kier alpha value is -1.35. The van der Waals surface area contributed by atoms with Crippen LogP contribution in [0.3, 0.4) is 0 Å². The number of hydrogen-bond donors (Lipinski definition) is 0. The van der Waals surface area contributed by atoms with E-state index in [0.717, 1.165) is 25.9 Å². The van der Waals surface area contributed by atoms with Gasteiger partial charge in [0.1, 0.15) is 12.7 Å². The summed E-state index contributed by atoms with van der Waals surface area (Å²) in [5.74, 6) is 0. The van der Waals surface area contributed by atoms with E-state index >= 15 is 0 Å². The van der Waals surface area contributed by atoms with Crippen molar-refractivity contribution in [3.63, 3.8) is 0 Å². The minimum Gasteiger partial charge on any atom is -0.309 e. The van der Waals surface area contributed by atoms with Crippen molar-refractivity contribution in [3.05, 3.63) is 65.5 Å².